The van der Waals surface area contributed by atoms with Gasteiger partial charge in [0.25, 0.3) is 11.6 Å². The van der Waals surface area contributed by atoms with Gasteiger partial charge in [0.15, 0.2) is 0 Å². The fourth-order valence-corrected chi connectivity index (χ4v) is 2.06. The summed E-state index contributed by atoms with van der Waals surface area (Å²) < 4.78 is 0. The van der Waals surface area contributed by atoms with Crippen molar-refractivity contribution >= 4 is 29.1 Å². The van der Waals surface area contributed by atoms with E-state index in [0.717, 1.165) is 0 Å². The average Bonchev–Trinajstić information content (AvgIpc) is 2.37. The molecule has 0 aliphatic rings. The van der Waals surface area contributed by atoms with E-state index in [4.69, 9.17) is 11.6 Å². The molecule has 0 aliphatic carbocycles. The molecule has 1 aromatic heterocycles. The van der Waals surface area contributed by atoms with Crippen molar-refractivity contribution in [3.63, 3.8) is 0 Å². The van der Waals surface area contributed by atoms with Crippen molar-refractivity contribution < 1.29 is 9.72 Å². The summed E-state index contributed by atoms with van der Waals surface area (Å²) in [6.45, 7) is 3.22. The van der Waals surface area contributed by atoms with Gasteiger partial charge < -0.3 is 0 Å². The van der Waals surface area contributed by atoms with Crippen molar-refractivity contribution in [3.8, 4) is 0 Å². The number of aromatic nitrogens is 2. The maximum atomic E-state index is 12.2. The van der Waals surface area contributed by atoms with Crippen molar-refractivity contribution in [2.45, 2.75) is 13.8 Å². The Labute approximate surface area is 125 Å². The number of amides is 1. The molecule has 21 heavy (non-hydrogen) atoms. The Morgan fingerprint density at radius 3 is 2.67 bits per heavy atom. The van der Waals surface area contributed by atoms with Crippen LogP contribution in [0.1, 0.15) is 21.6 Å². The van der Waals surface area contributed by atoms with Crippen molar-refractivity contribution in [2.75, 3.05) is 5.32 Å². The summed E-state index contributed by atoms with van der Waals surface area (Å²) in [4.78, 5) is 30.4. The van der Waals surface area contributed by atoms with Gasteiger partial charge in [0.2, 0.25) is 5.95 Å². The van der Waals surface area contributed by atoms with E-state index < -0.39 is 10.8 Å². The minimum atomic E-state index is -0.536. The Morgan fingerprint density at radius 1 is 1.33 bits per heavy atom. The molecule has 1 amide bonds. The summed E-state index contributed by atoms with van der Waals surface area (Å²) in [5.41, 5.74) is 0.941. The van der Waals surface area contributed by atoms with Gasteiger partial charge in [-0.3, -0.25) is 20.2 Å². The SMILES string of the molecule is Cc1cc(Cl)nc(NC(=O)c2cccc([N+](=O)[O-])c2C)n1. The van der Waals surface area contributed by atoms with Gasteiger partial charge in [-0.25, -0.2) is 9.97 Å². The number of halogens is 1. The Kier molecular flexibility index (Phi) is 4.13. The molecular formula is C13H11ClN4O3. The van der Waals surface area contributed by atoms with Crippen LogP contribution >= 0.6 is 11.6 Å². The van der Waals surface area contributed by atoms with Crippen LogP contribution in [-0.4, -0.2) is 20.8 Å². The first-order valence-electron chi connectivity index (χ1n) is 5.95. The van der Waals surface area contributed by atoms with E-state index in [1.54, 1.807) is 13.0 Å². The first kappa shape index (κ1) is 14.9. The van der Waals surface area contributed by atoms with Crippen LogP contribution in [0, 0.1) is 24.0 Å². The zero-order valence-electron chi connectivity index (χ0n) is 11.3. The number of nitro groups is 1. The number of hydrogen-bond donors (Lipinski definition) is 1. The van der Waals surface area contributed by atoms with Gasteiger partial charge >= 0.3 is 0 Å². The first-order chi connectivity index (χ1) is 9.88. The van der Waals surface area contributed by atoms with Crippen LogP contribution in [0.5, 0.6) is 0 Å². The quantitative estimate of drug-likeness (QED) is 0.534. The van der Waals surface area contributed by atoms with Crippen LogP contribution in [0.15, 0.2) is 24.3 Å². The molecule has 2 rings (SSSR count). The van der Waals surface area contributed by atoms with Crippen molar-refractivity contribution in [2.24, 2.45) is 0 Å². The van der Waals surface area contributed by atoms with Crippen molar-refractivity contribution in [3.05, 3.63) is 56.4 Å². The highest BCUT2D eigenvalue weighted by atomic mass is 35.5. The molecule has 2 aromatic rings. The largest absolute Gasteiger partial charge is 0.290 e. The van der Waals surface area contributed by atoms with Gasteiger partial charge in [-0.1, -0.05) is 17.7 Å². The number of rotatable bonds is 3. The average molecular weight is 307 g/mol. The normalized spacial score (nSPS) is 10.2. The molecule has 7 nitrogen and oxygen atoms in total. The molecule has 0 radical (unpaired) electrons. The summed E-state index contributed by atoms with van der Waals surface area (Å²) in [6.07, 6.45) is 0. The number of hydrogen-bond acceptors (Lipinski definition) is 5. The van der Waals surface area contributed by atoms with Gasteiger partial charge in [0.1, 0.15) is 5.15 Å². The number of carbonyl (C=O) groups excluding carboxylic acids is 1. The third-order valence-electron chi connectivity index (χ3n) is 2.79. The molecule has 0 atom stereocenters. The van der Waals surface area contributed by atoms with Crippen LogP contribution in [-0.2, 0) is 0 Å². The minimum absolute atomic E-state index is 0.0518. The second-order valence-corrected chi connectivity index (χ2v) is 4.70. The van der Waals surface area contributed by atoms with E-state index in [9.17, 15) is 14.9 Å². The lowest BCUT2D eigenvalue weighted by Crippen LogP contribution is -2.16. The molecule has 0 bridgehead atoms. The molecular weight excluding hydrogens is 296 g/mol. The summed E-state index contributed by atoms with van der Waals surface area (Å²) in [5.74, 6) is -0.478. The topological polar surface area (TPSA) is 98.0 Å². The van der Waals surface area contributed by atoms with Crippen LogP contribution in [0.4, 0.5) is 11.6 Å². The molecule has 0 unspecified atom stereocenters. The van der Waals surface area contributed by atoms with Crippen LogP contribution in [0.3, 0.4) is 0 Å². The molecule has 0 spiro atoms. The smallest absolute Gasteiger partial charge is 0.273 e. The lowest BCUT2D eigenvalue weighted by molar-refractivity contribution is -0.385. The summed E-state index contributed by atoms with van der Waals surface area (Å²) >= 11 is 5.79. The maximum absolute atomic E-state index is 12.2. The molecule has 1 aromatic carbocycles. The fourth-order valence-electron chi connectivity index (χ4n) is 1.82. The summed E-state index contributed by atoms with van der Waals surface area (Å²) in [6, 6.07) is 5.83. The summed E-state index contributed by atoms with van der Waals surface area (Å²) in [7, 11) is 0. The van der Waals surface area contributed by atoms with Crippen LogP contribution in [0.2, 0.25) is 5.15 Å². The molecule has 108 valence electrons. The monoisotopic (exact) mass is 306 g/mol. The molecule has 8 heteroatoms. The lowest BCUT2D eigenvalue weighted by Gasteiger charge is -2.07. The highest BCUT2D eigenvalue weighted by molar-refractivity contribution is 6.29. The molecule has 0 saturated carbocycles. The second-order valence-electron chi connectivity index (χ2n) is 4.32. The van der Waals surface area contributed by atoms with Crippen LogP contribution < -0.4 is 5.32 Å². The Hall–Kier alpha value is -2.54. The van der Waals surface area contributed by atoms with E-state index in [1.807, 2.05) is 0 Å². The minimum Gasteiger partial charge on any atom is -0.290 e. The molecule has 1 heterocycles. The van der Waals surface area contributed by atoms with E-state index >= 15 is 0 Å². The number of nitrogens with one attached hydrogen (secondary N) is 1. The van der Waals surface area contributed by atoms with Gasteiger partial charge in [-0.05, 0) is 26.0 Å². The Balaban J connectivity index is 2.33. The number of nitro benzene ring substituents is 1. The maximum Gasteiger partial charge on any atom is 0.273 e. The van der Waals surface area contributed by atoms with Gasteiger partial charge in [0.05, 0.1) is 4.92 Å². The number of nitrogens with zero attached hydrogens (tertiary/aromatic N) is 3. The fraction of sp³-hybridized carbons (Fsp3) is 0.154. The predicted octanol–water partition coefficient (Wildman–Crippen LogP) is 2.91. The zero-order valence-corrected chi connectivity index (χ0v) is 12.0. The van der Waals surface area contributed by atoms with E-state index in [1.165, 1.54) is 25.1 Å². The molecule has 0 saturated heterocycles. The zero-order chi connectivity index (χ0) is 15.6. The number of benzene rings is 1. The van der Waals surface area contributed by atoms with E-state index in [2.05, 4.69) is 15.3 Å². The molecule has 1 N–H and O–H groups in total. The highest BCUT2D eigenvalue weighted by Crippen LogP contribution is 2.21. The van der Waals surface area contributed by atoms with Crippen molar-refractivity contribution in [1.82, 2.24) is 9.97 Å². The Morgan fingerprint density at radius 2 is 2.05 bits per heavy atom. The number of aryl methyl sites for hydroxylation is 1. The van der Waals surface area contributed by atoms with Crippen LogP contribution in [0.25, 0.3) is 0 Å². The van der Waals surface area contributed by atoms with Gasteiger partial charge in [0, 0.05) is 22.9 Å². The molecule has 0 fully saturated rings. The van der Waals surface area contributed by atoms with E-state index in [-0.39, 0.29) is 27.9 Å². The first-order valence-corrected chi connectivity index (χ1v) is 6.33. The Bertz CT molecular complexity index is 713. The lowest BCUT2D eigenvalue weighted by atomic mass is 10.1. The van der Waals surface area contributed by atoms with Crippen molar-refractivity contribution in [1.29, 1.82) is 0 Å². The van der Waals surface area contributed by atoms with Gasteiger partial charge in [-0.15, -0.1) is 0 Å². The third-order valence-corrected chi connectivity index (χ3v) is 2.99. The second kappa shape index (κ2) is 5.84. The highest BCUT2D eigenvalue weighted by Gasteiger charge is 2.18. The standard InChI is InChI=1S/C13H11ClN4O3/c1-7-6-11(14)16-13(15-7)17-12(19)9-4-3-5-10(8(9)2)18(20)21/h3-6H,1-2H3,(H,15,16,17,19). The van der Waals surface area contributed by atoms with Gasteiger partial charge in [-0.2, -0.15) is 0 Å². The predicted molar refractivity (Wildman–Crippen MR) is 77.6 cm³/mol. The third kappa shape index (κ3) is 3.32. The molecule has 0 aliphatic heterocycles. The summed E-state index contributed by atoms with van der Waals surface area (Å²) in [5, 5.41) is 13.6. The number of anilines is 1. The van der Waals surface area contributed by atoms with E-state index in [0.29, 0.717) is 5.69 Å². The number of carbonyl (C=O) groups is 1.